The normalized spacial score (nSPS) is 11.0. The molecular weight excluding hydrogens is 220 g/mol. The summed E-state index contributed by atoms with van der Waals surface area (Å²) in [4.78, 5) is 18.7. The average Bonchev–Trinajstić information content (AvgIpc) is 2.27. The number of rotatable bonds is 4. The largest absolute Gasteiger partial charge is 0.480 e. The number of carboxylic acid groups (broad SMARTS) is 1. The summed E-state index contributed by atoms with van der Waals surface area (Å²) in [5.41, 5.74) is 0.744. The molecule has 0 saturated carbocycles. The number of carbonyl (C=O) groups is 1. The van der Waals surface area contributed by atoms with E-state index in [1.54, 1.807) is 6.92 Å². The fourth-order valence-electron chi connectivity index (χ4n) is 1.16. The number of anilines is 1. The Balaban J connectivity index is 2.94. The molecule has 86 valence electrons. The Morgan fingerprint density at radius 3 is 2.94 bits per heavy atom. The molecule has 1 heterocycles. The molecule has 1 rings (SSSR count). The minimum absolute atomic E-state index is 0.00845. The first-order valence-electron chi connectivity index (χ1n) is 4.75. The zero-order valence-electron chi connectivity index (χ0n) is 9.14. The average molecular weight is 230 g/mol. The lowest BCUT2D eigenvalue weighted by Gasteiger charge is -2.11. The summed E-state index contributed by atoms with van der Waals surface area (Å²) in [6.07, 6.45) is 5.07. The van der Waals surface area contributed by atoms with Gasteiger partial charge in [0.1, 0.15) is 17.8 Å². The summed E-state index contributed by atoms with van der Waals surface area (Å²) >= 11 is 0. The maximum atomic E-state index is 10.9. The fraction of sp³-hybridized carbons (Fsp3) is 0.273. The van der Waals surface area contributed by atoms with Gasteiger partial charge in [-0.15, -0.1) is 12.3 Å². The zero-order valence-corrected chi connectivity index (χ0v) is 9.14. The Labute approximate surface area is 98.3 Å². The molecule has 1 aromatic rings. The Morgan fingerprint density at radius 1 is 1.71 bits per heavy atom. The van der Waals surface area contributed by atoms with E-state index in [2.05, 4.69) is 21.2 Å². The lowest BCUT2D eigenvalue weighted by atomic mass is 10.2. The Kier molecular flexibility index (Phi) is 4.02. The van der Waals surface area contributed by atoms with Gasteiger partial charge in [0.15, 0.2) is 0 Å². The Morgan fingerprint density at radius 2 is 2.41 bits per heavy atom. The third-order valence-corrected chi connectivity index (χ3v) is 1.89. The maximum absolute atomic E-state index is 10.9. The van der Waals surface area contributed by atoms with Crippen LogP contribution in [0, 0.1) is 30.6 Å². The molecular formula is C11H10N4O2. The van der Waals surface area contributed by atoms with Crippen molar-refractivity contribution in [2.75, 3.05) is 5.32 Å². The van der Waals surface area contributed by atoms with Crippen LogP contribution < -0.4 is 5.32 Å². The molecule has 0 radical (unpaired) electrons. The molecule has 0 amide bonds. The van der Waals surface area contributed by atoms with Crippen LogP contribution in [0.4, 0.5) is 5.95 Å². The molecule has 17 heavy (non-hydrogen) atoms. The predicted molar refractivity (Wildman–Crippen MR) is 60.0 cm³/mol. The number of aromatic nitrogens is 2. The first kappa shape index (κ1) is 12.5. The summed E-state index contributed by atoms with van der Waals surface area (Å²) in [6, 6.07) is 2.40. The molecule has 1 atom stereocenters. The zero-order chi connectivity index (χ0) is 12.8. The van der Waals surface area contributed by atoms with Crippen LogP contribution in [0.1, 0.15) is 17.8 Å². The molecule has 1 unspecified atom stereocenters. The number of terminal acetylenes is 1. The first-order chi connectivity index (χ1) is 8.06. The van der Waals surface area contributed by atoms with Crippen molar-refractivity contribution in [3.05, 3.63) is 17.5 Å². The second kappa shape index (κ2) is 5.47. The number of carboxylic acids is 1. The summed E-state index contributed by atoms with van der Waals surface area (Å²) in [5, 5.41) is 20.2. The van der Waals surface area contributed by atoms with E-state index in [9.17, 15) is 4.79 Å². The third-order valence-electron chi connectivity index (χ3n) is 1.89. The van der Waals surface area contributed by atoms with E-state index < -0.39 is 12.0 Å². The van der Waals surface area contributed by atoms with Crippen LogP contribution in [0.2, 0.25) is 0 Å². The Hall–Kier alpha value is -2.60. The molecule has 0 bridgehead atoms. The van der Waals surface area contributed by atoms with Crippen molar-refractivity contribution in [3.63, 3.8) is 0 Å². The van der Waals surface area contributed by atoms with E-state index >= 15 is 0 Å². The van der Waals surface area contributed by atoms with Crippen molar-refractivity contribution in [1.29, 1.82) is 5.26 Å². The molecule has 0 aromatic carbocycles. The maximum Gasteiger partial charge on any atom is 0.327 e. The van der Waals surface area contributed by atoms with E-state index in [0.29, 0.717) is 5.69 Å². The van der Waals surface area contributed by atoms with Crippen LogP contribution in [0.15, 0.2) is 6.07 Å². The number of hydrogen-bond donors (Lipinski definition) is 2. The molecule has 6 heteroatoms. The molecule has 0 aliphatic rings. The molecule has 1 aromatic heterocycles. The Bertz CT molecular complexity index is 513. The van der Waals surface area contributed by atoms with Gasteiger partial charge in [0.05, 0.1) is 0 Å². The molecule has 2 N–H and O–H groups in total. The third kappa shape index (κ3) is 3.47. The number of nitrogens with zero attached hydrogens (tertiary/aromatic N) is 3. The number of nitrogens with one attached hydrogen (secondary N) is 1. The van der Waals surface area contributed by atoms with Gasteiger partial charge in [-0.3, -0.25) is 0 Å². The smallest absolute Gasteiger partial charge is 0.327 e. The highest BCUT2D eigenvalue weighted by molar-refractivity contribution is 5.76. The van der Waals surface area contributed by atoms with Gasteiger partial charge in [0, 0.05) is 12.1 Å². The minimum Gasteiger partial charge on any atom is -0.480 e. The summed E-state index contributed by atoms with van der Waals surface area (Å²) in [6.45, 7) is 1.69. The van der Waals surface area contributed by atoms with Crippen molar-refractivity contribution in [1.82, 2.24) is 9.97 Å². The van der Waals surface area contributed by atoms with Gasteiger partial charge in [-0.2, -0.15) is 5.26 Å². The number of aryl methyl sites for hydroxylation is 1. The van der Waals surface area contributed by atoms with Crippen molar-refractivity contribution in [2.45, 2.75) is 19.4 Å². The summed E-state index contributed by atoms with van der Waals surface area (Å²) in [5.74, 6) is 1.24. The van der Waals surface area contributed by atoms with Crippen molar-refractivity contribution >= 4 is 11.9 Å². The highest BCUT2D eigenvalue weighted by Gasteiger charge is 2.17. The van der Waals surface area contributed by atoms with Crippen molar-refractivity contribution < 1.29 is 9.90 Å². The van der Waals surface area contributed by atoms with Crippen LogP contribution >= 0.6 is 0 Å². The van der Waals surface area contributed by atoms with Gasteiger partial charge in [0.2, 0.25) is 5.95 Å². The van der Waals surface area contributed by atoms with E-state index in [4.69, 9.17) is 16.8 Å². The van der Waals surface area contributed by atoms with E-state index in [0.717, 1.165) is 0 Å². The SMILES string of the molecule is C#CCC(Nc1nc(C)cc(C#N)n1)C(=O)O. The van der Waals surface area contributed by atoms with Gasteiger partial charge >= 0.3 is 5.97 Å². The van der Waals surface area contributed by atoms with E-state index in [1.165, 1.54) is 6.07 Å². The molecule has 0 spiro atoms. The van der Waals surface area contributed by atoms with Crippen LogP contribution in [0.3, 0.4) is 0 Å². The van der Waals surface area contributed by atoms with Gasteiger partial charge in [-0.25, -0.2) is 14.8 Å². The van der Waals surface area contributed by atoms with Gasteiger partial charge in [-0.1, -0.05) is 0 Å². The molecule has 0 fully saturated rings. The lowest BCUT2D eigenvalue weighted by molar-refractivity contribution is -0.137. The van der Waals surface area contributed by atoms with Crippen LogP contribution in [0.5, 0.6) is 0 Å². The predicted octanol–water partition coefficient (Wildman–Crippen LogP) is 0.545. The number of hydrogen-bond acceptors (Lipinski definition) is 5. The van der Waals surface area contributed by atoms with Crippen molar-refractivity contribution in [2.24, 2.45) is 0 Å². The van der Waals surface area contributed by atoms with E-state index in [1.807, 2.05) is 6.07 Å². The topological polar surface area (TPSA) is 98.9 Å². The van der Waals surface area contributed by atoms with Crippen LogP contribution in [0.25, 0.3) is 0 Å². The van der Waals surface area contributed by atoms with Gasteiger partial charge < -0.3 is 10.4 Å². The second-order valence-corrected chi connectivity index (χ2v) is 3.27. The van der Waals surface area contributed by atoms with Gasteiger partial charge in [-0.05, 0) is 13.0 Å². The number of nitriles is 1. The quantitative estimate of drug-likeness (QED) is 0.732. The van der Waals surface area contributed by atoms with Gasteiger partial charge in [0.25, 0.3) is 0 Å². The molecule has 6 nitrogen and oxygen atoms in total. The standard InChI is InChI=1S/C11H10N4O2/c1-3-4-9(10(16)17)15-11-13-7(2)5-8(6-12)14-11/h1,5,9H,4H2,2H3,(H,16,17)(H,13,14,15). The lowest BCUT2D eigenvalue weighted by Crippen LogP contribution is -2.29. The van der Waals surface area contributed by atoms with E-state index in [-0.39, 0.29) is 18.1 Å². The highest BCUT2D eigenvalue weighted by atomic mass is 16.4. The van der Waals surface area contributed by atoms with Crippen molar-refractivity contribution in [3.8, 4) is 18.4 Å². The summed E-state index contributed by atoms with van der Waals surface area (Å²) in [7, 11) is 0. The fourth-order valence-corrected chi connectivity index (χ4v) is 1.16. The molecule has 0 aliphatic heterocycles. The number of aliphatic carboxylic acids is 1. The summed E-state index contributed by atoms with van der Waals surface area (Å²) < 4.78 is 0. The first-order valence-corrected chi connectivity index (χ1v) is 4.75. The monoisotopic (exact) mass is 230 g/mol. The van der Waals surface area contributed by atoms with Crippen LogP contribution in [-0.4, -0.2) is 27.1 Å². The molecule has 0 aliphatic carbocycles. The minimum atomic E-state index is -1.09. The van der Waals surface area contributed by atoms with Crippen LogP contribution in [-0.2, 0) is 4.79 Å². The second-order valence-electron chi connectivity index (χ2n) is 3.27. The highest BCUT2D eigenvalue weighted by Crippen LogP contribution is 2.07. The molecule has 0 saturated heterocycles.